The summed E-state index contributed by atoms with van der Waals surface area (Å²) >= 11 is 6.00. The highest BCUT2D eigenvalue weighted by atomic mass is 127. The predicted molar refractivity (Wildman–Crippen MR) is 111 cm³/mol. The van der Waals surface area contributed by atoms with Gasteiger partial charge in [0.2, 0.25) is 0 Å². The Kier molecular flexibility index (Phi) is 9.14. The molecule has 0 saturated carbocycles. The number of hydrogen-bond donors (Lipinski definition) is 1. The van der Waals surface area contributed by atoms with E-state index in [4.69, 9.17) is 11.6 Å². The molecule has 1 aromatic carbocycles. The molecular formula is C17H22ClF2IN4O. The van der Waals surface area contributed by atoms with Crippen LogP contribution in [-0.2, 0) is 20.1 Å². The lowest BCUT2D eigenvalue weighted by atomic mass is 10.2. The minimum Gasteiger partial charge on any atom is -0.434 e. The van der Waals surface area contributed by atoms with E-state index in [1.165, 1.54) is 6.07 Å². The van der Waals surface area contributed by atoms with Gasteiger partial charge in [0.05, 0.1) is 11.6 Å². The zero-order chi connectivity index (χ0) is 18.4. The second-order valence-electron chi connectivity index (χ2n) is 5.50. The molecule has 0 bridgehead atoms. The van der Waals surface area contributed by atoms with Crippen molar-refractivity contribution in [3.8, 4) is 5.75 Å². The van der Waals surface area contributed by atoms with E-state index in [1.807, 2.05) is 35.8 Å². The number of aliphatic imine (C=N–C) groups is 1. The van der Waals surface area contributed by atoms with Crippen LogP contribution in [0, 0.1) is 0 Å². The zero-order valence-electron chi connectivity index (χ0n) is 14.7. The Morgan fingerprint density at radius 3 is 2.65 bits per heavy atom. The van der Waals surface area contributed by atoms with E-state index in [0.29, 0.717) is 29.6 Å². The fourth-order valence-electron chi connectivity index (χ4n) is 2.46. The summed E-state index contributed by atoms with van der Waals surface area (Å²) in [5.41, 5.74) is 1.65. The van der Waals surface area contributed by atoms with Gasteiger partial charge in [0.1, 0.15) is 5.75 Å². The Bertz CT molecular complexity index is 739. The number of halogens is 4. The smallest absolute Gasteiger partial charge is 0.387 e. The molecule has 0 spiro atoms. The van der Waals surface area contributed by atoms with E-state index in [-0.39, 0.29) is 29.7 Å². The molecule has 0 aliphatic rings. The van der Waals surface area contributed by atoms with Crippen molar-refractivity contribution in [2.75, 3.05) is 14.1 Å². The highest BCUT2D eigenvalue weighted by Crippen LogP contribution is 2.20. The summed E-state index contributed by atoms with van der Waals surface area (Å²) in [5.74, 6) is 0.779. The first-order valence-corrected chi connectivity index (χ1v) is 8.03. The van der Waals surface area contributed by atoms with Gasteiger partial charge >= 0.3 is 6.61 Å². The third-order valence-electron chi connectivity index (χ3n) is 3.67. The molecule has 0 radical (unpaired) electrons. The summed E-state index contributed by atoms with van der Waals surface area (Å²) in [6.07, 6.45) is 1.83. The van der Waals surface area contributed by atoms with Gasteiger partial charge in [-0.05, 0) is 12.1 Å². The number of benzene rings is 1. The SMILES string of the molecule is CN=C(NCc1ccccc1OC(F)F)N(C)Cc1cc(Cl)cn1C.I. The molecule has 1 aromatic heterocycles. The summed E-state index contributed by atoms with van der Waals surface area (Å²) in [5, 5.41) is 3.83. The molecule has 144 valence electrons. The van der Waals surface area contributed by atoms with Crippen LogP contribution in [0.3, 0.4) is 0 Å². The molecule has 1 heterocycles. The number of hydrogen-bond acceptors (Lipinski definition) is 2. The fourth-order valence-corrected chi connectivity index (χ4v) is 2.73. The maximum Gasteiger partial charge on any atom is 0.387 e. The van der Waals surface area contributed by atoms with Crippen molar-refractivity contribution in [2.24, 2.45) is 12.0 Å². The average Bonchev–Trinajstić information content (AvgIpc) is 2.86. The maximum absolute atomic E-state index is 12.5. The Morgan fingerprint density at radius 1 is 1.38 bits per heavy atom. The molecule has 0 unspecified atom stereocenters. The molecule has 5 nitrogen and oxygen atoms in total. The molecule has 1 N–H and O–H groups in total. The molecule has 0 atom stereocenters. The molecule has 0 amide bonds. The molecule has 0 fully saturated rings. The summed E-state index contributed by atoms with van der Waals surface area (Å²) in [6, 6.07) is 8.56. The molecule has 9 heteroatoms. The van der Waals surface area contributed by atoms with Crippen LogP contribution in [0.25, 0.3) is 0 Å². The van der Waals surface area contributed by atoms with Gasteiger partial charge in [-0.3, -0.25) is 4.99 Å². The lowest BCUT2D eigenvalue weighted by Gasteiger charge is -2.23. The third-order valence-corrected chi connectivity index (χ3v) is 3.88. The van der Waals surface area contributed by atoms with Gasteiger partial charge in [-0.25, -0.2) is 0 Å². The van der Waals surface area contributed by atoms with Crippen LogP contribution in [0.4, 0.5) is 8.78 Å². The first kappa shape index (κ1) is 22.5. The minimum absolute atomic E-state index is 0. The van der Waals surface area contributed by atoms with E-state index in [0.717, 1.165) is 5.69 Å². The number of para-hydroxylation sites is 1. The summed E-state index contributed by atoms with van der Waals surface area (Å²) < 4.78 is 31.5. The van der Waals surface area contributed by atoms with E-state index in [1.54, 1.807) is 25.2 Å². The molecule has 0 aliphatic heterocycles. The molecule has 0 saturated heterocycles. The largest absolute Gasteiger partial charge is 0.434 e. The van der Waals surface area contributed by atoms with Crippen LogP contribution in [0.2, 0.25) is 5.02 Å². The van der Waals surface area contributed by atoms with Crippen molar-refractivity contribution < 1.29 is 13.5 Å². The number of ether oxygens (including phenoxy) is 1. The third kappa shape index (κ3) is 6.31. The van der Waals surface area contributed by atoms with Crippen LogP contribution in [0.1, 0.15) is 11.3 Å². The lowest BCUT2D eigenvalue weighted by Crippen LogP contribution is -2.38. The van der Waals surface area contributed by atoms with Crippen LogP contribution in [0.5, 0.6) is 5.75 Å². The fraction of sp³-hybridized carbons (Fsp3) is 0.353. The van der Waals surface area contributed by atoms with Gasteiger partial charge in [0.15, 0.2) is 5.96 Å². The van der Waals surface area contributed by atoms with Crippen LogP contribution in [-0.4, -0.2) is 36.1 Å². The number of nitrogens with zero attached hydrogens (tertiary/aromatic N) is 3. The number of alkyl halides is 2. The monoisotopic (exact) mass is 498 g/mol. The quantitative estimate of drug-likeness (QED) is 0.370. The highest BCUT2D eigenvalue weighted by molar-refractivity contribution is 14.0. The van der Waals surface area contributed by atoms with E-state index < -0.39 is 6.61 Å². The van der Waals surface area contributed by atoms with Crippen LogP contribution >= 0.6 is 35.6 Å². The maximum atomic E-state index is 12.5. The van der Waals surface area contributed by atoms with E-state index in [2.05, 4.69) is 15.0 Å². The summed E-state index contributed by atoms with van der Waals surface area (Å²) in [7, 11) is 5.47. The predicted octanol–water partition coefficient (Wildman–Crippen LogP) is 4.11. The molecule has 2 aromatic rings. The Labute approximate surface area is 174 Å². The Hall–Kier alpha value is -1.55. The lowest BCUT2D eigenvalue weighted by molar-refractivity contribution is -0.0504. The van der Waals surface area contributed by atoms with Gasteiger partial charge in [-0.1, -0.05) is 29.8 Å². The average molecular weight is 499 g/mol. The van der Waals surface area contributed by atoms with Gasteiger partial charge in [0, 0.05) is 45.1 Å². The number of nitrogens with one attached hydrogen (secondary N) is 1. The molecule has 2 rings (SSSR count). The van der Waals surface area contributed by atoms with Crippen molar-refractivity contribution in [2.45, 2.75) is 19.7 Å². The van der Waals surface area contributed by atoms with Crippen molar-refractivity contribution >= 4 is 41.5 Å². The first-order valence-electron chi connectivity index (χ1n) is 7.66. The zero-order valence-corrected chi connectivity index (χ0v) is 17.8. The summed E-state index contributed by atoms with van der Waals surface area (Å²) in [6.45, 7) is -1.95. The van der Waals surface area contributed by atoms with Gasteiger partial charge in [0.25, 0.3) is 0 Å². The highest BCUT2D eigenvalue weighted by Gasteiger charge is 2.12. The van der Waals surface area contributed by atoms with Gasteiger partial charge in [-0.2, -0.15) is 8.78 Å². The van der Waals surface area contributed by atoms with Crippen molar-refractivity contribution in [1.29, 1.82) is 0 Å². The number of rotatable bonds is 6. The summed E-state index contributed by atoms with van der Waals surface area (Å²) in [4.78, 5) is 6.15. The number of aryl methyl sites for hydroxylation is 1. The van der Waals surface area contributed by atoms with Crippen molar-refractivity contribution in [3.63, 3.8) is 0 Å². The second-order valence-corrected chi connectivity index (χ2v) is 5.94. The van der Waals surface area contributed by atoms with E-state index >= 15 is 0 Å². The van der Waals surface area contributed by atoms with Gasteiger partial charge < -0.3 is 19.5 Å². The Balaban J connectivity index is 0.00000338. The number of guanidine groups is 1. The molecular weight excluding hydrogens is 477 g/mol. The van der Waals surface area contributed by atoms with Crippen molar-refractivity contribution in [1.82, 2.24) is 14.8 Å². The van der Waals surface area contributed by atoms with Crippen LogP contribution in [0.15, 0.2) is 41.5 Å². The topological polar surface area (TPSA) is 41.8 Å². The Morgan fingerprint density at radius 2 is 2.08 bits per heavy atom. The van der Waals surface area contributed by atoms with Crippen LogP contribution < -0.4 is 10.1 Å². The standard InChI is InChI=1S/C17H21ClF2N4O.HI/c1-21-17(24(3)11-14-8-13(18)10-23(14)2)22-9-12-6-4-5-7-15(12)25-16(19)20;/h4-8,10,16H,9,11H2,1-3H3,(H,21,22);1H. The van der Waals surface area contributed by atoms with Crippen molar-refractivity contribution in [3.05, 3.63) is 52.8 Å². The minimum atomic E-state index is -2.86. The first-order chi connectivity index (χ1) is 11.9. The molecule has 26 heavy (non-hydrogen) atoms. The van der Waals surface area contributed by atoms with Gasteiger partial charge in [-0.15, -0.1) is 24.0 Å². The normalized spacial score (nSPS) is 11.3. The second kappa shape index (κ2) is 10.6. The molecule has 0 aliphatic carbocycles. The van der Waals surface area contributed by atoms with E-state index in [9.17, 15) is 8.78 Å². The number of aromatic nitrogens is 1.